The van der Waals surface area contributed by atoms with Crippen LogP contribution in [0.1, 0.15) is 13.0 Å². The molecule has 3 rings (SSSR count). The van der Waals surface area contributed by atoms with Crippen LogP contribution >= 0.6 is 0 Å². The molecule has 0 aliphatic carbocycles. The van der Waals surface area contributed by atoms with E-state index in [1.165, 1.54) is 29.2 Å². The monoisotopic (exact) mass is 344 g/mol. The Morgan fingerprint density at radius 3 is 2.60 bits per heavy atom. The lowest BCUT2D eigenvalue weighted by Gasteiger charge is -2.29. The lowest BCUT2D eigenvalue weighted by molar-refractivity contribution is -0.140. The van der Waals surface area contributed by atoms with Gasteiger partial charge in [0.1, 0.15) is 11.9 Å². The third-order valence-electron chi connectivity index (χ3n) is 4.04. The van der Waals surface area contributed by atoms with E-state index in [0.29, 0.717) is 24.3 Å². The zero-order chi connectivity index (χ0) is 18.0. The number of nitrogens with one attached hydrogen (secondary N) is 1. The van der Waals surface area contributed by atoms with Crippen molar-refractivity contribution in [2.24, 2.45) is 0 Å². The molecule has 1 N–H and O–H groups in total. The van der Waals surface area contributed by atoms with Crippen LogP contribution in [0.3, 0.4) is 0 Å². The normalized spacial score (nSPS) is 15.6. The Labute approximate surface area is 143 Å². The highest BCUT2D eigenvalue weighted by Gasteiger charge is 2.27. The molecule has 0 radical (unpaired) electrons. The Hall–Kier alpha value is -3.03. The number of rotatable bonds is 3. The number of aromatic nitrogens is 2. The van der Waals surface area contributed by atoms with E-state index in [2.05, 4.69) is 10.4 Å². The van der Waals surface area contributed by atoms with E-state index in [4.69, 9.17) is 0 Å². The van der Waals surface area contributed by atoms with Gasteiger partial charge in [0.15, 0.2) is 0 Å². The van der Waals surface area contributed by atoms with Crippen molar-refractivity contribution < 1.29 is 14.0 Å². The molecule has 0 spiro atoms. The van der Waals surface area contributed by atoms with Crippen LogP contribution in [0.5, 0.6) is 0 Å². The van der Waals surface area contributed by atoms with Gasteiger partial charge >= 0.3 is 0 Å². The average molecular weight is 344 g/mol. The highest BCUT2D eigenvalue weighted by atomic mass is 19.1. The van der Waals surface area contributed by atoms with E-state index in [1.807, 2.05) is 0 Å². The minimum Gasteiger partial charge on any atom is -0.353 e. The predicted octanol–water partition coefficient (Wildman–Crippen LogP) is 0.569. The summed E-state index contributed by atoms with van der Waals surface area (Å²) in [6.07, 6.45) is 0. The molecule has 0 saturated carbocycles. The van der Waals surface area contributed by atoms with Gasteiger partial charge in [-0.15, -0.1) is 0 Å². The molecule has 2 heterocycles. The SMILES string of the molecule is CC(C(=O)N1CCNC(=O)C1)n1nc(-c2ccc(F)cc2)ccc1=O. The van der Waals surface area contributed by atoms with Crippen molar-refractivity contribution in [1.82, 2.24) is 20.0 Å². The van der Waals surface area contributed by atoms with E-state index in [1.54, 1.807) is 19.1 Å². The number of amides is 2. The van der Waals surface area contributed by atoms with Crippen molar-refractivity contribution in [2.45, 2.75) is 13.0 Å². The van der Waals surface area contributed by atoms with Crippen molar-refractivity contribution >= 4 is 11.8 Å². The van der Waals surface area contributed by atoms with Crippen LogP contribution in [0.15, 0.2) is 41.2 Å². The van der Waals surface area contributed by atoms with Gasteiger partial charge in [-0.3, -0.25) is 14.4 Å². The second-order valence-electron chi connectivity index (χ2n) is 5.79. The minimum atomic E-state index is -0.848. The number of carbonyl (C=O) groups excluding carboxylic acids is 2. The maximum Gasteiger partial charge on any atom is 0.267 e. The highest BCUT2D eigenvalue weighted by molar-refractivity contribution is 5.87. The number of hydrogen-bond acceptors (Lipinski definition) is 4. The number of hydrogen-bond donors (Lipinski definition) is 1. The molecule has 7 nitrogen and oxygen atoms in total. The summed E-state index contributed by atoms with van der Waals surface area (Å²) in [5.74, 6) is -0.947. The first-order chi connectivity index (χ1) is 12.0. The first-order valence-electron chi connectivity index (χ1n) is 7.87. The van der Waals surface area contributed by atoms with Gasteiger partial charge in [0, 0.05) is 24.7 Å². The van der Waals surface area contributed by atoms with Crippen LogP contribution in [0, 0.1) is 5.82 Å². The predicted molar refractivity (Wildman–Crippen MR) is 88.2 cm³/mol. The average Bonchev–Trinajstić information content (AvgIpc) is 2.62. The van der Waals surface area contributed by atoms with Gasteiger partial charge in [-0.25, -0.2) is 9.07 Å². The molecular formula is C17H17FN4O3. The molecule has 2 amide bonds. The molecule has 1 aliphatic heterocycles. The largest absolute Gasteiger partial charge is 0.353 e. The third-order valence-corrected chi connectivity index (χ3v) is 4.04. The van der Waals surface area contributed by atoms with Crippen molar-refractivity contribution in [3.63, 3.8) is 0 Å². The van der Waals surface area contributed by atoms with Gasteiger partial charge in [-0.2, -0.15) is 5.10 Å². The molecule has 1 aromatic carbocycles. The number of benzene rings is 1. The fraction of sp³-hybridized carbons (Fsp3) is 0.294. The summed E-state index contributed by atoms with van der Waals surface area (Å²) in [6.45, 7) is 2.31. The van der Waals surface area contributed by atoms with Crippen molar-refractivity contribution in [1.29, 1.82) is 0 Å². The molecule has 1 unspecified atom stereocenters. The molecule has 1 atom stereocenters. The van der Waals surface area contributed by atoms with E-state index in [0.717, 1.165) is 4.68 Å². The van der Waals surface area contributed by atoms with E-state index in [9.17, 15) is 18.8 Å². The Morgan fingerprint density at radius 1 is 1.20 bits per heavy atom. The fourth-order valence-corrected chi connectivity index (χ4v) is 2.67. The highest BCUT2D eigenvalue weighted by Crippen LogP contribution is 2.17. The zero-order valence-electron chi connectivity index (χ0n) is 13.6. The Kier molecular flexibility index (Phi) is 4.60. The first-order valence-corrected chi connectivity index (χ1v) is 7.87. The van der Waals surface area contributed by atoms with Gasteiger partial charge in [-0.1, -0.05) is 0 Å². The Bertz CT molecular complexity index is 863. The number of carbonyl (C=O) groups is 2. The molecule has 25 heavy (non-hydrogen) atoms. The molecule has 130 valence electrons. The summed E-state index contributed by atoms with van der Waals surface area (Å²) in [5.41, 5.74) is 0.663. The molecule has 1 fully saturated rings. The van der Waals surface area contributed by atoms with Crippen molar-refractivity contribution in [2.75, 3.05) is 19.6 Å². The van der Waals surface area contributed by atoms with Crippen LogP contribution in [0.25, 0.3) is 11.3 Å². The fourth-order valence-electron chi connectivity index (χ4n) is 2.67. The van der Waals surface area contributed by atoms with Gasteiger partial charge in [0.25, 0.3) is 5.56 Å². The third kappa shape index (κ3) is 3.57. The van der Waals surface area contributed by atoms with Crippen LogP contribution in [0.4, 0.5) is 4.39 Å². The maximum absolute atomic E-state index is 13.1. The number of nitrogens with zero attached hydrogens (tertiary/aromatic N) is 3. The maximum atomic E-state index is 13.1. The Morgan fingerprint density at radius 2 is 1.92 bits per heavy atom. The minimum absolute atomic E-state index is 0.0322. The molecule has 1 saturated heterocycles. The molecule has 2 aromatic rings. The smallest absolute Gasteiger partial charge is 0.267 e. The quantitative estimate of drug-likeness (QED) is 0.882. The zero-order valence-corrected chi connectivity index (χ0v) is 13.6. The lowest BCUT2D eigenvalue weighted by Crippen LogP contribution is -2.52. The van der Waals surface area contributed by atoms with Crippen molar-refractivity contribution in [3.05, 3.63) is 52.6 Å². The van der Waals surface area contributed by atoms with Crippen LogP contribution in [-0.2, 0) is 9.59 Å². The van der Waals surface area contributed by atoms with E-state index in [-0.39, 0.29) is 24.2 Å². The summed E-state index contributed by atoms with van der Waals surface area (Å²) < 4.78 is 14.1. The van der Waals surface area contributed by atoms with Gasteiger partial charge in [0.05, 0.1) is 12.2 Å². The van der Waals surface area contributed by atoms with Gasteiger partial charge in [0.2, 0.25) is 11.8 Å². The van der Waals surface area contributed by atoms with Gasteiger partial charge in [-0.05, 0) is 37.3 Å². The molecule has 8 heteroatoms. The van der Waals surface area contributed by atoms with Crippen LogP contribution in [-0.4, -0.2) is 46.1 Å². The number of piperazine rings is 1. The van der Waals surface area contributed by atoms with Crippen molar-refractivity contribution in [3.8, 4) is 11.3 Å². The molecular weight excluding hydrogens is 327 g/mol. The molecule has 1 aliphatic rings. The van der Waals surface area contributed by atoms with Gasteiger partial charge < -0.3 is 10.2 Å². The van der Waals surface area contributed by atoms with Crippen LogP contribution in [0.2, 0.25) is 0 Å². The molecule has 0 bridgehead atoms. The lowest BCUT2D eigenvalue weighted by atomic mass is 10.1. The van der Waals surface area contributed by atoms with E-state index >= 15 is 0 Å². The topological polar surface area (TPSA) is 84.3 Å². The molecule has 1 aromatic heterocycles. The number of halogens is 1. The first kappa shape index (κ1) is 16.8. The van der Waals surface area contributed by atoms with Crippen LogP contribution < -0.4 is 10.9 Å². The summed E-state index contributed by atoms with van der Waals surface area (Å²) >= 11 is 0. The second-order valence-corrected chi connectivity index (χ2v) is 5.79. The summed E-state index contributed by atoms with van der Waals surface area (Å²) in [4.78, 5) is 37.6. The standard InChI is InChI=1S/C17H17FN4O3/c1-11(17(25)21-9-8-19-15(23)10-21)22-16(24)7-6-14(20-22)12-2-4-13(18)5-3-12/h2-7,11H,8-10H2,1H3,(H,19,23). The summed E-state index contributed by atoms with van der Waals surface area (Å²) in [5, 5.41) is 6.89. The Balaban J connectivity index is 1.89. The summed E-state index contributed by atoms with van der Waals surface area (Å²) in [7, 11) is 0. The summed E-state index contributed by atoms with van der Waals surface area (Å²) in [6, 6.07) is 7.69. The van der Waals surface area contributed by atoms with E-state index < -0.39 is 11.6 Å². The second kappa shape index (κ2) is 6.84.